The van der Waals surface area contributed by atoms with Crippen LogP contribution in [0.1, 0.15) is 55.5 Å². The molecule has 0 bridgehead atoms. The van der Waals surface area contributed by atoms with Crippen LogP contribution in [0.4, 0.5) is 0 Å². The Balaban J connectivity index is 1.34. The average Bonchev–Trinajstić information content (AvgIpc) is 3.33. The number of thiophene rings is 1. The number of nitrogens with one attached hydrogen (secondary N) is 2. The van der Waals surface area contributed by atoms with E-state index in [-0.39, 0.29) is 18.3 Å². The quantitative estimate of drug-likeness (QED) is 0.486. The molecule has 0 radical (unpaired) electrons. The third kappa shape index (κ3) is 4.68. The normalized spacial score (nSPS) is 13.2. The Morgan fingerprint density at radius 1 is 1.00 bits per heavy atom. The Kier molecular flexibility index (Phi) is 5.95. The van der Waals surface area contributed by atoms with Crippen LogP contribution in [-0.4, -0.2) is 11.8 Å². The summed E-state index contributed by atoms with van der Waals surface area (Å²) in [5, 5.41) is 0. The van der Waals surface area contributed by atoms with Gasteiger partial charge in [0.15, 0.2) is 5.76 Å². The second-order valence-corrected chi connectivity index (χ2v) is 8.04. The number of hydrogen-bond acceptors (Lipinski definition) is 5. The number of furan rings is 1. The van der Waals surface area contributed by atoms with Crippen LogP contribution in [-0.2, 0) is 19.4 Å². The lowest BCUT2D eigenvalue weighted by Crippen LogP contribution is -2.41. The molecule has 3 aromatic rings. The van der Waals surface area contributed by atoms with Crippen molar-refractivity contribution in [2.75, 3.05) is 0 Å². The molecule has 1 aromatic carbocycles. The molecule has 0 fully saturated rings. The number of carbonyl (C=O) groups is 2. The minimum absolute atomic E-state index is 0.114. The van der Waals surface area contributed by atoms with Crippen molar-refractivity contribution in [2.24, 2.45) is 0 Å². The number of amides is 2. The van der Waals surface area contributed by atoms with Gasteiger partial charge in [-0.05, 0) is 55.5 Å². The molecule has 0 aliphatic heterocycles. The maximum atomic E-state index is 12.4. The summed E-state index contributed by atoms with van der Waals surface area (Å²) in [6, 6.07) is 12.9. The van der Waals surface area contributed by atoms with E-state index in [1.807, 2.05) is 36.4 Å². The molecule has 0 spiro atoms. The monoisotopic (exact) mass is 410 g/mol. The molecule has 1 aliphatic rings. The highest BCUT2D eigenvalue weighted by Gasteiger charge is 2.19. The van der Waals surface area contributed by atoms with Gasteiger partial charge in [-0.3, -0.25) is 20.4 Å². The molecule has 2 amide bonds. The standard InChI is InChI=1S/C22H22N2O4S/c25-21(19-13-15-7-3-1-6-10-18(15)29-19)23-24-22(26)20-16(11-12-27-20)14-28-17-8-4-2-5-9-17/h2,4-5,8-9,11-13H,1,3,6-7,10,14H2,(H,23,25)(H,24,26). The second kappa shape index (κ2) is 8.96. The lowest BCUT2D eigenvalue weighted by atomic mass is 10.1. The van der Waals surface area contributed by atoms with E-state index in [4.69, 9.17) is 9.15 Å². The molecule has 6 nitrogen and oxygen atoms in total. The maximum Gasteiger partial charge on any atom is 0.305 e. The third-order valence-corrected chi connectivity index (χ3v) is 6.09. The topological polar surface area (TPSA) is 80.6 Å². The van der Waals surface area contributed by atoms with Gasteiger partial charge in [0.25, 0.3) is 5.91 Å². The fourth-order valence-corrected chi connectivity index (χ4v) is 4.49. The summed E-state index contributed by atoms with van der Waals surface area (Å²) < 4.78 is 11.0. The van der Waals surface area contributed by atoms with Crippen LogP contribution in [0, 0.1) is 0 Å². The van der Waals surface area contributed by atoms with Crippen LogP contribution in [0.25, 0.3) is 0 Å². The van der Waals surface area contributed by atoms with E-state index < -0.39 is 5.91 Å². The van der Waals surface area contributed by atoms with E-state index >= 15 is 0 Å². The van der Waals surface area contributed by atoms with Gasteiger partial charge in [-0.15, -0.1) is 11.3 Å². The van der Waals surface area contributed by atoms with Gasteiger partial charge in [-0.2, -0.15) is 0 Å². The molecule has 4 rings (SSSR count). The van der Waals surface area contributed by atoms with Gasteiger partial charge in [0.1, 0.15) is 12.4 Å². The SMILES string of the molecule is O=C(NNC(=O)c1occc1COc1ccccc1)c1cc2c(s1)CCCCC2. The zero-order chi connectivity index (χ0) is 20.1. The number of ether oxygens (including phenoxy) is 1. The molecule has 2 aromatic heterocycles. The van der Waals surface area contributed by atoms with Crippen LogP contribution >= 0.6 is 11.3 Å². The molecule has 2 N–H and O–H groups in total. The molecule has 0 unspecified atom stereocenters. The van der Waals surface area contributed by atoms with E-state index in [1.54, 1.807) is 6.07 Å². The molecule has 1 aliphatic carbocycles. The molecular weight excluding hydrogens is 388 g/mol. The first kappa shape index (κ1) is 19.3. The Morgan fingerprint density at radius 2 is 1.79 bits per heavy atom. The van der Waals surface area contributed by atoms with Crippen molar-refractivity contribution in [1.82, 2.24) is 10.9 Å². The first-order valence-electron chi connectivity index (χ1n) is 9.67. The summed E-state index contributed by atoms with van der Waals surface area (Å²) >= 11 is 1.51. The molecule has 150 valence electrons. The van der Waals surface area contributed by atoms with E-state index in [2.05, 4.69) is 10.9 Å². The summed E-state index contributed by atoms with van der Waals surface area (Å²) in [5.74, 6) is -0.0211. The van der Waals surface area contributed by atoms with Gasteiger partial charge in [0.2, 0.25) is 0 Å². The lowest BCUT2D eigenvalue weighted by Gasteiger charge is -2.08. The number of aryl methyl sites for hydroxylation is 2. The van der Waals surface area contributed by atoms with Gasteiger partial charge in [-0.25, -0.2) is 0 Å². The highest BCUT2D eigenvalue weighted by molar-refractivity contribution is 7.14. The van der Waals surface area contributed by atoms with Crippen LogP contribution in [0.2, 0.25) is 0 Å². The van der Waals surface area contributed by atoms with E-state index in [0.717, 1.165) is 25.7 Å². The molecule has 0 saturated heterocycles. The summed E-state index contributed by atoms with van der Waals surface area (Å²) in [5.41, 5.74) is 6.78. The zero-order valence-corrected chi connectivity index (χ0v) is 16.7. The van der Waals surface area contributed by atoms with Crippen molar-refractivity contribution in [3.05, 3.63) is 75.4 Å². The predicted octanol–water partition coefficient (Wildman–Crippen LogP) is 4.26. The minimum Gasteiger partial charge on any atom is -0.489 e. The van der Waals surface area contributed by atoms with Crippen molar-refractivity contribution in [3.8, 4) is 5.75 Å². The van der Waals surface area contributed by atoms with Crippen molar-refractivity contribution in [3.63, 3.8) is 0 Å². The smallest absolute Gasteiger partial charge is 0.305 e. The average molecular weight is 410 g/mol. The van der Waals surface area contributed by atoms with Gasteiger partial charge < -0.3 is 9.15 Å². The number of hydrazine groups is 1. The number of rotatable bonds is 5. The van der Waals surface area contributed by atoms with Crippen LogP contribution in [0.5, 0.6) is 5.75 Å². The van der Waals surface area contributed by atoms with E-state index in [1.165, 1.54) is 34.5 Å². The Bertz CT molecular complexity index is 970. The lowest BCUT2D eigenvalue weighted by molar-refractivity contribution is 0.0830. The van der Waals surface area contributed by atoms with Crippen molar-refractivity contribution < 1.29 is 18.7 Å². The highest BCUT2D eigenvalue weighted by Crippen LogP contribution is 2.28. The van der Waals surface area contributed by atoms with Crippen molar-refractivity contribution in [2.45, 2.75) is 38.7 Å². The Morgan fingerprint density at radius 3 is 2.66 bits per heavy atom. The fourth-order valence-electron chi connectivity index (χ4n) is 3.34. The largest absolute Gasteiger partial charge is 0.489 e. The summed E-state index contributed by atoms with van der Waals surface area (Å²) in [7, 11) is 0. The number of hydrogen-bond donors (Lipinski definition) is 2. The summed E-state index contributed by atoms with van der Waals surface area (Å²) in [6.07, 6.45) is 7.03. The molecule has 0 saturated carbocycles. The molecule has 2 heterocycles. The molecule has 0 atom stereocenters. The van der Waals surface area contributed by atoms with E-state index in [9.17, 15) is 9.59 Å². The Hall–Kier alpha value is -3.06. The first-order valence-corrected chi connectivity index (χ1v) is 10.5. The number of fused-ring (bicyclic) bond motifs is 1. The molecule has 7 heteroatoms. The first-order chi connectivity index (χ1) is 14.2. The number of benzene rings is 1. The number of para-hydroxylation sites is 1. The summed E-state index contributed by atoms with van der Waals surface area (Å²) in [4.78, 5) is 26.8. The predicted molar refractivity (Wildman–Crippen MR) is 110 cm³/mol. The van der Waals surface area contributed by atoms with E-state index in [0.29, 0.717) is 16.2 Å². The van der Waals surface area contributed by atoms with Gasteiger partial charge in [0, 0.05) is 10.4 Å². The van der Waals surface area contributed by atoms with Crippen LogP contribution in [0.3, 0.4) is 0 Å². The third-order valence-electron chi connectivity index (χ3n) is 4.85. The second-order valence-electron chi connectivity index (χ2n) is 6.90. The van der Waals surface area contributed by atoms with Gasteiger partial charge in [0.05, 0.1) is 11.1 Å². The van der Waals surface area contributed by atoms with Crippen LogP contribution in [0.15, 0.2) is 53.1 Å². The number of carbonyl (C=O) groups excluding carboxylic acids is 2. The van der Waals surface area contributed by atoms with Crippen LogP contribution < -0.4 is 15.6 Å². The minimum atomic E-state index is -0.520. The summed E-state index contributed by atoms with van der Waals surface area (Å²) in [6.45, 7) is 0.189. The van der Waals surface area contributed by atoms with Gasteiger partial charge in [-0.1, -0.05) is 24.6 Å². The highest BCUT2D eigenvalue weighted by atomic mass is 32.1. The van der Waals surface area contributed by atoms with Crippen molar-refractivity contribution >= 4 is 23.2 Å². The van der Waals surface area contributed by atoms with Gasteiger partial charge >= 0.3 is 5.91 Å². The molecule has 29 heavy (non-hydrogen) atoms. The van der Waals surface area contributed by atoms with Crippen molar-refractivity contribution in [1.29, 1.82) is 0 Å². The fraction of sp³-hybridized carbons (Fsp3) is 0.273. The Labute approximate surface area is 172 Å². The zero-order valence-electron chi connectivity index (χ0n) is 15.9. The molecular formula is C22H22N2O4S. The maximum absolute atomic E-state index is 12.4.